The third-order valence-corrected chi connectivity index (χ3v) is 9.03. The van der Waals surface area contributed by atoms with E-state index >= 15 is 0 Å². The number of nitrogens with zero attached hydrogens (tertiary/aromatic N) is 2. The van der Waals surface area contributed by atoms with Crippen LogP contribution in [0.15, 0.2) is 48.8 Å². The number of rotatable bonds is 15. The molecule has 248 valence electrons. The maximum atomic E-state index is 13.7. The molecule has 2 N–H and O–H groups in total. The fraction of sp³-hybridized carbons (Fsp3) is 0.438. The Hall–Kier alpha value is -3.13. The lowest BCUT2D eigenvalue weighted by Gasteiger charge is -2.26. The third-order valence-electron chi connectivity index (χ3n) is 7.71. The summed E-state index contributed by atoms with van der Waals surface area (Å²) in [5, 5.41) is 11.1. The van der Waals surface area contributed by atoms with Crippen LogP contribution in [0.5, 0.6) is 17.2 Å². The molecule has 0 amide bonds. The largest absolute Gasteiger partial charge is 0.504 e. The number of morpholine rings is 1. The number of esters is 1. The Bertz CT molecular complexity index is 1610. The molecule has 2 aliphatic rings. The topological polar surface area (TPSA) is 137 Å². The van der Waals surface area contributed by atoms with Crippen LogP contribution in [0.25, 0.3) is 0 Å². The molecule has 0 bridgehead atoms. The second kappa shape index (κ2) is 15.6. The van der Waals surface area contributed by atoms with Gasteiger partial charge in [0.2, 0.25) is 10.0 Å². The lowest BCUT2D eigenvalue weighted by atomic mass is 10.0. The fourth-order valence-electron chi connectivity index (χ4n) is 4.86. The number of aromatic nitrogens is 1. The third kappa shape index (κ3) is 9.93. The summed E-state index contributed by atoms with van der Waals surface area (Å²) in [4.78, 5) is 19.9. The second-order valence-electron chi connectivity index (χ2n) is 11.4. The normalized spacial score (nSPS) is 16.2. The molecule has 1 saturated carbocycles. The molecule has 3 aromatic rings. The van der Waals surface area contributed by atoms with Gasteiger partial charge in [-0.25, -0.2) is 17.9 Å². The molecule has 1 unspecified atom stereocenters. The first-order chi connectivity index (χ1) is 22.1. The van der Waals surface area contributed by atoms with Crippen molar-refractivity contribution in [3.63, 3.8) is 0 Å². The van der Waals surface area contributed by atoms with E-state index < -0.39 is 22.1 Å². The maximum absolute atomic E-state index is 13.7. The summed E-state index contributed by atoms with van der Waals surface area (Å²) < 4.78 is 49.5. The number of halogens is 2. The summed E-state index contributed by atoms with van der Waals surface area (Å²) in [6.07, 6.45) is 5.43. The van der Waals surface area contributed by atoms with Gasteiger partial charge in [0.1, 0.15) is 18.5 Å². The number of pyridine rings is 1. The number of phenols is 1. The van der Waals surface area contributed by atoms with Gasteiger partial charge in [-0.3, -0.25) is 9.88 Å². The van der Waals surface area contributed by atoms with E-state index in [2.05, 4.69) is 14.6 Å². The quantitative estimate of drug-likeness (QED) is 0.214. The highest BCUT2D eigenvalue weighted by molar-refractivity contribution is 7.88. The predicted octanol–water partition coefficient (Wildman–Crippen LogP) is 4.78. The Kier molecular flexibility index (Phi) is 11.6. The second-order valence-corrected chi connectivity index (χ2v) is 14.0. The Morgan fingerprint density at radius 3 is 2.52 bits per heavy atom. The first-order valence-corrected chi connectivity index (χ1v) is 17.7. The molecular formula is C32H37Cl2N3O8S. The average molecular weight is 695 g/mol. The highest BCUT2D eigenvalue weighted by atomic mass is 35.5. The molecular weight excluding hydrogens is 657 g/mol. The molecule has 0 radical (unpaired) electrons. The molecule has 2 heterocycles. The number of sulfonamides is 1. The highest BCUT2D eigenvalue weighted by Crippen LogP contribution is 2.37. The van der Waals surface area contributed by atoms with Gasteiger partial charge in [-0.15, -0.1) is 0 Å². The van der Waals surface area contributed by atoms with Crippen LogP contribution in [0.4, 0.5) is 0 Å². The Morgan fingerprint density at radius 2 is 1.83 bits per heavy atom. The van der Waals surface area contributed by atoms with Crippen LogP contribution in [0.3, 0.4) is 0 Å². The van der Waals surface area contributed by atoms with Gasteiger partial charge in [0.05, 0.1) is 41.7 Å². The number of nitrogens with one attached hydrogen (secondary N) is 1. The van der Waals surface area contributed by atoms with Crippen molar-refractivity contribution < 1.29 is 37.3 Å². The van der Waals surface area contributed by atoms with E-state index in [1.807, 2.05) is 0 Å². The number of carbonyl (C=O) groups is 1. The number of ether oxygens (including phenoxy) is 4. The molecule has 1 aliphatic carbocycles. The first-order valence-electron chi connectivity index (χ1n) is 15.0. The van der Waals surface area contributed by atoms with Crippen LogP contribution in [0.2, 0.25) is 10.0 Å². The first kappa shape index (κ1) is 34.2. The van der Waals surface area contributed by atoms with Crippen molar-refractivity contribution in [3.05, 3.63) is 81.1 Å². The summed E-state index contributed by atoms with van der Waals surface area (Å²) in [6, 6.07) is 9.54. The number of benzene rings is 2. The van der Waals surface area contributed by atoms with Crippen molar-refractivity contribution in [2.45, 2.75) is 31.9 Å². The zero-order valence-corrected chi connectivity index (χ0v) is 27.7. The number of hydrogen-bond acceptors (Lipinski definition) is 10. The van der Waals surface area contributed by atoms with Crippen LogP contribution in [0.1, 0.15) is 46.0 Å². The van der Waals surface area contributed by atoms with Gasteiger partial charge in [-0.05, 0) is 54.2 Å². The number of carbonyl (C=O) groups excluding carboxylic acids is 1. The standard InChI is InChI=1S/C32H37Cl2N3O8S/c1-46(40,41)36-17-24-5-4-23(15-29(24)43-13-10-37-8-11-42-12-9-37)32(39)45-30(16-25-26(33)18-35-19-27(25)34)22-6-7-28(38)31(14-22)44-20-21-2-3-21/h4-7,14-15,18-19,21,30,36,38H,2-3,8-13,16-17,20H2,1H3. The van der Waals surface area contributed by atoms with Crippen molar-refractivity contribution in [2.24, 2.45) is 5.92 Å². The van der Waals surface area contributed by atoms with E-state index in [4.69, 9.17) is 42.1 Å². The monoisotopic (exact) mass is 693 g/mol. The van der Waals surface area contributed by atoms with E-state index in [1.54, 1.807) is 30.3 Å². The molecule has 11 nitrogen and oxygen atoms in total. The average Bonchev–Trinajstić information content (AvgIpc) is 3.86. The highest BCUT2D eigenvalue weighted by Gasteiger charge is 2.26. The minimum atomic E-state index is -3.47. The summed E-state index contributed by atoms with van der Waals surface area (Å²) in [5.74, 6) is 0.436. The summed E-state index contributed by atoms with van der Waals surface area (Å²) >= 11 is 12.9. The fourth-order valence-corrected chi connectivity index (χ4v) is 5.80. The molecule has 1 aliphatic heterocycles. The minimum Gasteiger partial charge on any atom is -0.504 e. The van der Waals surface area contributed by atoms with Crippen molar-refractivity contribution in [2.75, 3.05) is 52.3 Å². The van der Waals surface area contributed by atoms with Crippen LogP contribution < -0.4 is 14.2 Å². The molecule has 14 heteroatoms. The van der Waals surface area contributed by atoms with Gasteiger partial charge in [0, 0.05) is 50.6 Å². The van der Waals surface area contributed by atoms with Gasteiger partial charge in [-0.1, -0.05) is 35.3 Å². The zero-order chi connectivity index (χ0) is 32.7. The van der Waals surface area contributed by atoms with E-state index in [1.165, 1.54) is 18.5 Å². The van der Waals surface area contributed by atoms with Crippen LogP contribution in [0, 0.1) is 5.92 Å². The van der Waals surface area contributed by atoms with E-state index in [0.29, 0.717) is 71.4 Å². The lowest BCUT2D eigenvalue weighted by Crippen LogP contribution is -2.38. The van der Waals surface area contributed by atoms with Crippen molar-refractivity contribution in [1.29, 1.82) is 0 Å². The van der Waals surface area contributed by atoms with Gasteiger partial charge >= 0.3 is 5.97 Å². The van der Waals surface area contributed by atoms with Crippen LogP contribution >= 0.6 is 23.2 Å². The molecule has 1 aromatic heterocycles. The molecule has 2 aromatic carbocycles. The van der Waals surface area contributed by atoms with Gasteiger partial charge in [-0.2, -0.15) is 0 Å². The predicted molar refractivity (Wildman–Crippen MR) is 173 cm³/mol. The summed E-state index contributed by atoms with van der Waals surface area (Å²) in [7, 11) is -3.47. The van der Waals surface area contributed by atoms with Crippen LogP contribution in [-0.2, 0) is 32.5 Å². The Balaban J connectivity index is 1.39. The van der Waals surface area contributed by atoms with Gasteiger partial charge < -0.3 is 24.1 Å². The summed E-state index contributed by atoms with van der Waals surface area (Å²) in [5.41, 5.74) is 1.87. The maximum Gasteiger partial charge on any atom is 0.338 e. The van der Waals surface area contributed by atoms with Crippen molar-refractivity contribution in [1.82, 2.24) is 14.6 Å². The van der Waals surface area contributed by atoms with E-state index in [0.717, 1.165) is 32.2 Å². The molecule has 5 rings (SSSR count). The number of hydrogen-bond donors (Lipinski definition) is 2. The van der Waals surface area contributed by atoms with E-state index in [9.17, 15) is 18.3 Å². The lowest BCUT2D eigenvalue weighted by molar-refractivity contribution is 0.0293. The SMILES string of the molecule is CS(=O)(=O)NCc1ccc(C(=O)OC(Cc2c(Cl)cncc2Cl)c2ccc(O)c(OCC3CC3)c2)cc1OCCN1CCOCC1. The van der Waals surface area contributed by atoms with Crippen molar-refractivity contribution in [3.8, 4) is 17.2 Å². The van der Waals surface area contributed by atoms with E-state index in [-0.39, 0.29) is 30.0 Å². The molecule has 1 saturated heterocycles. The number of phenolic OH excluding ortho intramolecular Hbond substituents is 1. The van der Waals surface area contributed by atoms with Crippen LogP contribution in [-0.4, -0.2) is 81.7 Å². The molecule has 46 heavy (non-hydrogen) atoms. The molecule has 1 atom stereocenters. The van der Waals surface area contributed by atoms with Crippen molar-refractivity contribution >= 4 is 39.2 Å². The Morgan fingerprint density at radius 1 is 1.09 bits per heavy atom. The summed E-state index contributed by atoms with van der Waals surface area (Å²) in [6.45, 7) is 4.31. The zero-order valence-electron chi connectivity index (χ0n) is 25.4. The number of aromatic hydroxyl groups is 1. The molecule has 2 fully saturated rings. The van der Waals surface area contributed by atoms with Gasteiger partial charge in [0.25, 0.3) is 0 Å². The smallest absolute Gasteiger partial charge is 0.338 e. The Labute approximate surface area is 278 Å². The minimum absolute atomic E-state index is 0.0140. The van der Waals surface area contributed by atoms with Gasteiger partial charge in [0.15, 0.2) is 11.5 Å². The molecule has 0 spiro atoms.